The minimum atomic E-state index is 0.507. The Balaban J connectivity index is 1.40. The molecule has 1 atom stereocenters. The first-order valence-corrected chi connectivity index (χ1v) is 7.84. The van der Waals surface area contributed by atoms with Gasteiger partial charge in [0.1, 0.15) is 5.75 Å². The first-order chi connectivity index (χ1) is 9.86. The van der Waals surface area contributed by atoms with Gasteiger partial charge in [-0.25, -0.2) is 0 Å². The maximum atomic E-state index is 5.65. The lowest BCUT2D eigenvalue weighted by atomic mass is 9.75. The summed E-state index contributed by atoms with van der Waals surface area (Å²) in [5.74, 6) is 1.70. The molecule has 3 heteroatoms. The third-order valence-electron chi connectivity index (χ3n) is 4.64. The molecule has 1 aliphatic carbocycles. The lowest BCUT2D eigenvalue weighted by molar-refractivity contribution is 0.102. The van der Waals surface area contributed by atoms with Gasteiger partial charge in [0, 0.05) is 12.6 Å². The zero-order valence-corrected chi connectivity index (χ0v) is 12.3. The van der Waals surface area contributed by atoms with Crippen LogP contribution in [0.15, 0.2) is 24.3 Å². The molecule has 1 aromatic carbocycles. The molecule has 1 aliphatic heterocycles. The molecule has 2 aliphatic rings. The zero-order chi connectivity index (χ0) is 13.8. The molecule has 1 aromatic rings. The maximum Gasteiger partial charge on any atom is 0.122 e. The Kier molecular flexibility index (Phi) is 4.58. The zero-order valence-electron chi connectivity index (χ0n) is 12.3. The molecular formula is C17H25NO2. The Hall–Kier alpha value is -1.06. The Morgan fingerprint density at radius 1 is 1.30 bits per heavy atom. The van der Waals surface area contributed by atoms with Crippen LogP contribution in [0.5, 0.6) is 5.75 Å². The number of ether oxygens (including phenoxy) is 2. The summed E-state index contributed by atoms with van der Waals surface area (Å²) in [4.78, 5) is 0. The van der Waals surface area contributed by atoms with Crippen molar-refractivity contribution in [3.63, 3.8) is 0 Å². The Morgan fingerprint density at radius 3 is 2.90 bits per heavy atom. The third-order valence-corrected chi connectivity index (χ3v) is 4.64. The molecule has 0 spiro atoms. The molecule has 1 unspecified atom stereocenters. The van der Waals surface area contributed by atoms with Gasteiger partial charge in [-0.3, -0.25) is 0 Å². The second kappa shape index (κ2) is 6.59. The normalized spacial score (nSPS) is 29.1. The van der Waals surface area contributed by atoms with Crippen molar-refractivity contribution in [1.29, 1.82) is 0 Å². The highest BCUT2D eigenvalue weighted by Gasteiger charge is 2.31. The monoisotopic (exact) mass is 275 g/mol. The van der Waals surface area contributed by atoms with Gasteiger partial charge in [0.2, 0.25) is 0 Å². The largest absolute Gasteiger partial charge is 0.496 e. The van der Waals surface area contributed by atoms with E-state index in [0.29, 0.717) is 18.1 Å². The van der Waals surface area contributed by atoms with Crippen LogP contribution in [-0.4, -0.2) is 32.4 Å². The molecule has 3 nitrogen and oxygen atoms in total. The smallest absolute Gasteiger partial charge is 0.122 e. The predicted molar refractivity (Wildman–Crippen MR) is 80.4 cm³/mol. The average molecular weight is 275 g/mol. The van der Waals surface area contributed by atoms with E-state index < -0.39 is 0 Å². The lowest BCUT2D eigenvalue weighted by Crippen LogP contribution is -2.41. The number of rotatable bonds is 6. The molecule has 0 amide bonds. The Bertz CT molecular complexity index is 423. The highest BCUT2D eigenvalue weighted by atomic mass is 16.5. The molecule has 0 aromatic heterocycles. The maximum absolute atomic E-state index is 5.65. The molecule has 1 saturated carbocycles. The van der Waals surface area contributed by atoms with E-state index in [2.05, 4.69) is 23.5 Å². The summed E-state index contributed by atoms with van der Waals surface area (Å²) in [5.41, 5.74) is 1.37. The van der Waals surface area contributed by atoms with Gasteiger partial charge in [0.15, 0.2) is 0 Å². The van der Waals surface area contributed by atoms with Crippen molar-refractivity contribution in [1.82, 2.24) is 5.32 Å². The van der Waals surface area contributed by atoms with Gasteiger partial charge in [0.25, 0.3) is 0 Å². The quantitative estimate of drug-likeness (QED) is 0.865. The molecular weight excluding hydrogens is 250 g/mol. The van der Waals surface area contributed by atoms with Crippen LogP contribution < -0.4 is 10.1 Å². The standard InChI is InChI=1S/C17H25NO2/c1-19-17-7-3-2-6-16(17)13-11-14(12-13)18-9-8-15-5-4-10-20-15/h2-3,6-7,13-15,18H,4-5,8-12H2,1H3. The number of methoxy groups -OCH3 is 1. The fourth-order valence-corrected chi connectivity index (χ4v) is 3.36. The van der Waals surface area contributed by atoms with Crippen LogP contribution in [0.3, 0.4) is 0 Å². The van der Waals surface area contributed by atoms with Gasteiger partial charge < -0.3 is 14.8 Å². The molecule has 0 radical (unpaired) electrons. The van der Waals surface area contributed by atoms with Crippen LogP contribution in [0, 0.1) is 0 Å². The van der Waals surface area contributed by atoms with Crippen molar-refractivity contribution in [3.8, 4) is 5.75 Å². The minimum absolute atomic E-state index is 0.507. The summed E-state index contributed by atoms with van der Waals surface area (Å²) in [6.45, 7) is 2.05. The van der Waals surface area contributed by atoms with Crippen molar-refractivity contribution >= 4 is 0 Å². The van der Waals surface area contributed by atoms with E-state index in [9.17, 15) is 0 Å². The van der Waals surface area contributed by atoms with E-state index in [1.165, 1.54) is 31.2 Å². The second-order valence-electron chi connectivity index (χ2n) is 5.99. The van der Waals surface area contributed by atoms with E-state index in [1.807, 2.05) is 6.07 Å². The highest BCUT2D eigenvalue weighted by Crippen LogP contribution is 2.40. The Morgan fingerprint density at radius 2 is 2.15 bits per heavy atom. The van der Waals surface area contributed by atoms with E-state index in [-0.39, 0.29) is 0 Å². The van der Waals surface area contributed by atoms with Gasteiger partial charge in [-0.15, -0.1) is 0 Å². The van der Waals surface area contributed by atoms with Crippen molar-refractivity contribution in [2.75, 3.05) is 20.3 Å². The van der Waals surface area contributed by atoms with Gasteiger partial charge in [-0.05, 0) is 56.2 Å². The lowest BCUT2D eigenvalue weighted by Gasteiger charge is -2.37. The molecule has 1 saturated heterocycles. The molecule has 110 valence electrons. The van der Waals surface area contributed by atoms with Gasteiger partial charge in [-0.2, -0.15) is 0 Å². The summed E-state index contributed by atoms with van der Waals surface area (Å²) in [7, 11) is 1.76. The summed E-state index contributed by atoms with van der Waals surface area (Å²) in [5, 5.41) is 3.66. The van der Waals surface area contributed by atoms with Gasteiger partial charge in [0.05, 0.1) is 13.2 Å². The van der Waals surface area contributed by atoms with Crippen molar-refractivity contribution in [3.05, 3.63) is 29.8 Å². The minimum Gasteiger partial charge on any atom is -0.496 e. The van der Waals surface area contributed by atoms with Gasteiger partial charge >= 0.3 is 0 Å². The number of hydrogen-bond acceptors (Lipinski definition) is 3. The molecule has 20 heavy (non-hydrogen) atoms. The van der Waals surface area contributed by atoms with Crippen molar-refractivity contribution in [2.45, 2.75) is 50.2 Å². The van der Waals surface area contributed by atoms with Crippen LogP contribution in [0.25, 0.3) is 0 Å². The predicted octanol–water partition coefficient (Wildman–Crippen LogP) is 3.10. The van der Waals surface area contributed by atoms with E-state index >= 15 is 0 Å². The molecule has 1 N–H and O–H groups in total. The first-order valence-electron chi connectivity index (χ1n) is 7.84. The number of hydrogen-bond donors (Lipinski definition) is 1. The summed E-state index contributed by atoms with van der Waals surface area (Å²) >= 11 is 0. The SMILES string of the molecule is COc1ccccc1C1CC(NCCC2CCCO2)C1. The number of benzene rings is 1. The van der Waals surface area contributed by atoms with Crippen molar-refractivity contribution < 1.29 is 9.47 Å². The molecule has 0 bridgehead atoms. The van der Waals surface area contributed by atoms with E-state index in [1.54, 1.807) is 7.11 Å². The number of para-hydroxylation sites is 1. The van der Waals surface area contributed by atoms with Crippen LogP contribution >= 0.6 is 0 Å². The molecule has 1 heterocycles. The van der Waals surface area contributed by atoms with E-state index in [0.717, 1.165) is 25.3 Å². The van der Waals surface area contributed by atoms with Crippen LogP contribution in [0.1, 0.15) is 43.6 Å². The third kappa shape index (κ3) is 3.15. The fraction of sp³-hybridized carbons (Fsp3) is 0.647. The average Bonchev–Trinajstić information content (AvgIpc) is 2.94. The van der Waals surface area contributed by atoms with Crippen molar-refractivity contribution in [2.24, 2.45) is 0 Å². The number of nitrogens with one attached hydrogen (secondary N) is 1. The van der Waals surface area contributed by atoms with Crippen LogP contribution in [0.2, 0.25) is 0 Å². The summed E-state index contributed by atoms with van der Waals surface area (Å²) in [6, 6.07) is 9.08. The van der Waals surface area contributed by atoms with Gasteiger partial charge in [-0.1, -0.05) is 18.2 Å². The van der Waals surface area contributed by atoms with Crippen LogP contribution in [-0.2, 0) is 4.74 Å². The second-order valence-corrected chi connectivity index (χ2v) is 5.99. The first kappa shape index (κ1) is 13.9. The molecule has 3 rings (SSSR count). The van der Waals surface area contributed by atoms with E-state index in [4.69, 9.17) is 9.47 Å². The van der Waals surface area contributed by atoms with Crippen LogP contribution in [0.4, 0.5) is 0 Å². The molecule has 2 fully saturated rings. The fourth-order valence-electron chi connectivity index (χ4n) is 3.36. The highest BCUT2D eigenvalue weighted by molar-refractivity contribution is 5.37. The Labute approximate surface area is 121 Å². The summed E-state index contributed by atoms with van der Waals surface area (Å²) < 4.78 is 11.1. The summed E-state index contributed by atoms with van der Waals surface area (Å²) in [6.07, 6.45) is 6.61. The topological polar surface area (TPSA) is 30.5 Å².